The van der Waals surface area contributed by atoms with Crippen LogP contribution in [0.1, 0.15) is 44.2 Å². The molecule has 1 saturated heterocycles. The summed E-state index contributed by atoms with van der Waals surface area (Å²) in [7, 11) is 0. The van der Waals surface area contributed by atoms with Gasteiger partial charge in [-0.25, -0.2) is 0 Å². The highest BCUT2D eigenvalue weighted by Gasteiger charge is 2.17. The first-order chi connectivity index (χ1) is 9.75. The average molecular weight is 270 g/mol. The fourth-order valence-corrected chi connectivity index (χ4v) is 2.92. The van der Waals surface area contributed by atoms with Gasteiger partial charge in [-0.05, 0) is 69.5 Å². The molecule has 1 aliphatic rings. The minimum atomic E-state index is 0.351. The topological polar surface area (TPSA) is 42.7 Å². The zero-order chi connectivity index (χ0) is 13.9. The van der Waals surface area contributed by atoms with Crippen LogP contribution < -0.4 is 5.32 Å². The number of rotatable bonds is 3. The lowest BCUT2D eigenvalue weighted by Crippen LogP contribution is -2.26. The summed E-state index contributed by atoms with van der Waals surface area (Å²) < 4.78 is 2.04. The van der Waals surface area contributed by atoms with Crippen LogP contribution in [0, 0.1) is 0 Å². The van der Waals surface area contributed by atoms with Gasteiger partial charge in [0.25, 0.3) is 0 Å². The largest absolute Gasteiger partial charge is 0.317 e. The lowest BCUT2D eigenvalue weighted by Gasteiger charge is -2.23. The molecule has 1 fully saturated rings. The van der Waals surface area contributed by atoms with Gasteiger partial charge in [-0.1, -0.05) is 0 Å². The second-order valence-corrected chi connectivity index (χ2v) is 5.75. The van der Waals surface area contributed by atoms with E-state index in [1.54, 1.807) is 0 Å². The Bertz CT molecular complexity index is 567. The van der Waals surface area contributed by atoms with Crippen molar-refractivity contribution in [2.75, 3.05) is 13.1 Å². The van der Waals surface area contributed by atoms with Gasteiger partial charge in [0.15, 0.2) is 0 Å². The highest BCUT2D eigenvalue weighted by atomic mass is 15.3. The van der Waals surface area contributed by atoms with Crippen molar-refractivity contribution in [2.24, 2.45) is 0 Å². The quantitative estimate of drug-likeness (QED) is 0.932. The Balaban J connectivity index is 1.92. The molecule has 2 aromatic heterocycles. The maximum absolute atomic E-state index is 4.54. The molecule has 4 nitrogen and oxygen atoms in total. The predicted molar refractivity (Wildman–Crippen MR) is 80.7 cm³/mol. The molecule has 0 amide bonds. The van der Waals surface area contributed by atoms with E-state index < -0.39 is 0 Å². The molecule has 0 unspecified atom stereocenters. The predicted octanol–water partition coefficient (Wildman–Crippen LogP) is 2.99. The maximum atomic E-state index is 4.54. The van der Waals surface area contributed by atoms with Crippen LogP contribution >= 0.6 is 0 Å². The van der Waals surface area contributed by atoms with Crippen LogP contribution in [-0.4, -0.2) is 27.9 Å². The van der Waals surface area contributed by atoms with Crippen molar-refractivity contribution in [3.8, 4) is 11.4 Å². The molecule has 0 bridgehead atoms. The Labute approximate surface area is 120 Å². The zero-order valence-electron chi connectivity index (χ0n) is 12.2. The molecular weight excluding hydrogens is 248 g/mol. The number of pyridine rings is 1. The van der Waals surface area contributed by atoms with E-state index >= 15 is 0 Å². The smallest absolute Gasteiger partial charge is 0.0885 e. The number of nitrogens with one attached hydrogen (secondary N) is 1. The van der Waals surface area contributed by atoms with Gasteiger partial charge in [0, 0.05) is 18.4 Å². The molecule has 0 atom stereocenters. The van der Waals surface area contributed by atoms with Crippen LogP contribution in [0.15, 0.2) is 30.6 Å². The minimum absolute atomic E-state index is 0.351. The van der Waals surface area contributed by atoms with Crippen molar-refractivity contribution < 1.29 is 0 Å². The van der Waals surface area contributed by atoms with Crippen LogP contribution in [0.25, 0.3) is 11.4 Å². The van der Waals surface area contributed by atoms with E-state index in [0.29, 0.717) is 12.0 Å². The van der Waals surface area contributed by atoms with Crippen molar-refractivity contribution in [3.63, 3.8) is 0 Å². The number of hydrogen-bond acceptors (Lipinski definition) is 3. The van der Waals surface area contributed by atoms with Crippen molar-refractivity contribution in [2.45, 2.75) is 38.6 Å². The summed E-state index contributed by atoms with van der Waals surface area (Å²) in [6, 6.07) is 6.81. The van der Waals surface area contributed by atoms with Gasteiger partial charge in [0.05, 0.1) is 11.4 Å². The van der Waals surface area contributed by atoms with Crippen LogP contribution in [0.4, 0.5) is 0 Å². The van der Waals surface area contributed by atoms with Gasteiger partial charge < -0.3 is 5.32 Å². The first-order valence-electron chi connectivity index (χ1n) is 7.46. The SMILES string of the molecule is CC(C)n1nccc1-c1cc(C2CCNCC2)ccn1. The summed E-state index contributed by atoms with van der Waals surface area (Å²) in [5, 5.41) is 7.82. The van der Waals surface area contributed by atoms with E-state index in [-0.39, 0.29) is 0 Å². The van der Waals surface area contributed by atoms with E-state index in [2.05, 4.69) is 47.4 Å². The van der Waals surface area contributed by atoms with Gasteiger partial charge in [-0.3, -0.25) is 9.67 Å². The molecule has 0 saturated carbocycles. The van der Waals surface area contributed by atoms with E-state index in [9.17, 15) is 0 Å². The summed E-state index contributed by atoms with van der Waals surface area (Å²) >= 11 is 0. The number of aromatic nitrogens is 3. The molecule has 1 aliphatic heterocycles. The number of piperidine rings is 1. The van der Waals surface area contributed by atoms with Crippen LogP contribution in [0.2, 0.25) is 0 Å². The van der Waals surface area contributed by atoms with Crippen LogP contribution in [-0.2, 0) is 0 Å². The third kappa shape index (κ3) is 2.61. The molecule has 20 heavy (non-hydrogen) atoms. The Morgan fingerprint density at radius 3 is 2.75 bits per heavy atom. The number of hydrogen-bond donors (Lipinski definition) is 1. The summed E-state index contributed by atoms with van der Waals surface area (Å²) in [6.07, 6.45) is 6.22. The fourth-order valence-electron chi connectivity index (χ4n) is 2.92. The third-order valence-corrected chi connectivity index (χ3v) is 4.02. The third-order valence-electron chi connectivity index (χ3n) is 4.02. The molecule has 106 valence electrons. The number of nitrogens with zero attached hydrogens (tertiary/aromatic N) is 3. The van der Waals surface area contributed by atoms with Crippen molar-refractivity contribution in [1.29, 1.82) is 0 Å². The monoisotopic (exact) mass is 270 g/mol. The average Bonchev–Trinajstić information content (AvgIpc) is 2.98. The molecule has 0 aliphatic carbocycles. The van der Waals surface area contributed by atoms with E-state index in [0.717, 1.165) is 24.5 Å². The molecule has 1 N–H and O–H groups in total. The van der Waals surface area contributed by atoms with Crippen LogP contribution in [0.3, 0.4) is 0 Å². The van der Waals surface area contributed by atoms with Crippen molar-refractivity contribution in [3.05, 3.63) is 36.2 Å². The molecule has 0 spiro atoms. The lowest BCUT2D eigenvalue weighted by molar-refractivity contribution is 0.460. The Kier molecular flexibility index (Phi) is 3.83. The van der Waals surface area contributed by atoms with Crippen LogP contribution in [0.5, 0.6) is 0 Å². The van der Waals surface area contributed by atoms with Crippen molar-refractivity contribution >= 4 is 0 Å². The van der Waals surface area contributed by atoms with E-state index in [1.807, 2.05) is 17.1 Å². The van der Waals surface area contributed by atoms with Gasteiger partial charge in [-0.2, -0.15) is 5.10 Å². The summed E-state index contributed by atoms with van der Waals surface area (Å²) in [5.41, 5.74) is 3.55. The normalized spacial score (nSPS) is 16.8. The first-order valence-corrected chi connectivity index (χ1v) is 7.46. The summed E-state index contributed by atoms with van der Waals surface area (Å²) in [5.74, 6) is 0.661. The van der Waals surface area contributed by atoms with E-state index in [1.165, 1.54) is 18.4 Å². The zero-order valence-corrected chi connectivity index (χ0v) is 12.2. The Morgan fingerprint density at radius 2 is 2.00 bits per heavy atom. The highest BCUT2D eigenvalue weighted by molar-refractivity contribution is 5.55. The maximum Gasteiger partial charge on any atom is 0.0885 e. The molecule has 0 aromatic carbocycles. The highest BCUT2D eigenvalue weighted by Crippen LogP contribution is 2.28. The Hall–Kier alpha value is -1.68. The molecular formula is C16H22N4. The molecule has 0 radical (unpaired) electrons. The second-order valence-electron chi connectivity index (χ2n) is 5.75. The summed E-state index contributed by atoms with van der Waals surface area (Å²) in [4.78, 5) is 4.54. The van der Waals surface area contributed by atoms with E-state index in [4.69, 9.17) is 0 Å². The van der Waals surface area contributed by atoms with Gasteiger partial charge in [0.1, 0.15) is 0 Å². The summed E-state index contributed by atoms with van der Waals surface area (Å²) in [6.45, 7) is 6.53. The molecule has 3 heterocycles. The standard InChI is InChI=1S/C16H22N4/c1-12(2)20-16(6-10-19-20)15-11-14(5-9-18-15)13-3-7-17-8-4-13/h5-6,9-13,17H,3-4,7-8H2,1-2H3. The van der Waals surface area contributed by atoms with Gasteiger partial charge in [-0.15, -0.1) is 0 Å². The van der Waals surface area contributed by atoms with Crippen molar-refractivity contribution in [1.82, 2.24) is 20.1 Å². The lowest BCUT2D eigenvalue weighted by atomic mass is 9.90. The van der Waals surface area contributed by atoms with Gasteiger partial charge in [0.2, 0.25) is 0 Å². The minimum Gasteiger partial charge on any atom is -0.317 e. The molecule has 2 aromatic rings. The molecule has 3 rings (SSSR count). The van der Waals surface area contributed by atoms with Gasteiger partial charge >= 0.3 is 0 Å². The Morgan fingerprint density at radius 1 is 1.20 bits per heavy atom. The molecule has 4 heteroatoms. The first kappa shape index (κ1) is 13.3. The fraction of sp³-hybridized carbons (Fsp3) is 0.500. The second kappa shape index (κ2) is 5.75.